The molecule has 138 valence electrons. The van der Waals surface area contributed by atoms with Crippen LogP contribution in [0.1, 0.15) is 43.0 Å². The number of carbonyl (C=O) groups excluding carboxylic acids is 1. The zero-order valence-corrected chi connectivity index (χ0v) is 15.1. The van der Waals surface area contributed by atoms with E-state index >= 15 is 0 Å². The van der Waals surface area contributed by atoms with Gasteiger partial charge in [-0.1, -0.05) is 13.3 Å². The van der Waals surface area contributed by atoms with Gasteiger partial charge in [-0.15, -0.1) is 0 Å². The number of piperidine rings is 1. The van der Waals surface area contributed by atoms with Crippen molar-refractivity contribution in [2.24, 2.45) is 5.92 Å². The molecule has 2 N–H and O–H groups in total. The van der Waals surface area contributed by atoms with E-state index in [2.05, 4.69) is 5.32 Å². The molecular weight excluding hydrogens is 344 g/mol. The van der Waals surface area contributed by atoms with Crippen molar-refractivity contribution in [2.75, 3.05) is 19.6 Å². The van der Waals surface area contributed by atoms with Gasteiger partial charge in [0.15, 0.2) is 0 Å². The molecule has 1 aliphatic heterocycles. The number of nitrogens with zero attached hydrogens (tertiary/aromatic N) is 1. The highest BCUT2D eigenvalue weighted by molar-refractivity contribution is 7.89. The molecule has 1 aliphatic rings. The number of hydrogen-bond donors (Lipinski definition) is 2. The molecule has 1 amide bonds. The molecule has 1 fully saturated rings. The SMILES string of the molecule is CC(CNC(=O)c1ccc(S(=O)(=O)N2CCCCC2)cc1)CC(=O)O. The third-order valence-electron chi connectivity index (χ3n) is 4.20. The number of rotatable bonds is 7. The molecule has 1 saturated heterocycles. The number of carboxylic acids is 1. The molecule has 1 heterocycles. The van der Waals surface area contributed by atoms with Crippen molar-refractivity contribution in [2.45, 2.75) is 37.5 Å². The summed E-state index contributed by atoms with van der Waals surface area (Å²) in [5, 5.41) is 11.4. The van der Waals surface area contributed by atoms with Crippen LogP contribution in [0.2, 0.25) is 0 Å². The predicted octanol–water partition coefficient (Wildman–Crippen LogP) is 1.70. The third-order valence-corrected chi connectivity index (χ3v) is 6.12. The lowest BCUT2D eigenvalue weighted by atomic mass is 10.1. The quantitative estimate of drug-likeness (QED) is 0.762. The second kappa shape index (κ2) is 8.44. The Balaban J connectivity index is 1.99. The van der Waals surface area contributed by atoms with Crippen molar-refractivity contribution in [3.63, 3.8) is 0 Å². The van der Waals surface area contributed by atoms with Gasteiger partial charge in [-0.3, -0.25) is 9.59 Å². The molecule has 1 unspecified atom stereocenters. The number of benzene rings is 1. The van der Waals surface area contributed by atoms with Crippen LogP contribution in [0.15, 0.2) is 29.2 Å². The molecule has 0 aromatic heterocycles. The van der Waals surface area contributed by atoms with Crippen molar-refractivity contribution in [1.82, 2.24) is 9.62 Å². The Morgan fingerprint density at radius 3 is 2.32 bits per heavy atom. The largest absolute Gasteiger partial charge is 0.481 e. The lowest BCUT2D eigenvalue weighted by molar-refractivity contribution is -0.137. The Kier molecular flexibility index (Phi) is 6.55. The molecule has 0 radical (unpaired) electrons. The van der Waals surface area contributed by atoms with Gasteiger partial charge in [-0.25, -0.2) is 8.42 Å². The summed E-state index contributed by atoms with van der Waals surface area (Å²) in [5.41, 5.74) is 0.347. The summed E-state index contributed by atoms with van der Waals surface area (Å²) >= 11 is 0. The van der Waals surface area contributed by atoms with Crippen LogP contribution in [0.4, 0.5) is 0 Å². The summed E-state index contributed by atoms with van der Waals surface area (Å²) in [6, 6.07) is 5.85. The first-order valence-electron chi connectivity index (χ1n) is 8.41. The molecule has 7 nitrogen and oxygen atoms in total. The molecule has 0 spiro atoms. The summed E-state index contributed by atoms with van der Waals surface area (Å²) in [5.74, 6) is -1.44. The first kappa shape index (κ1) is 19.4. The molecule has 25 heavy (non-hydrogen) atoms. The van der Waals surface area contributed by atoms with E-state index in [9.17, 15) is 18.0 Å². The lowest BCUT2D eigenvalue weighted by Gasteiger charge is -2.25. The van der Waals surface area contributed by atoms with Crippen LogP contribution in [0.25, 0.3) is 0 Å². The van der Waals surface area contributed by atoms with E-state index in [1.165, 1.54) is 28.6 Å². The summed E-state index contributed by atoms with van der Waals surface area (Å²) in [6.45, 7) is 3.06. The van der Waals surface area contributed by atoms with Crippen LogP contribution in [0.3, 0.4) is 0 Å². The summed E-state index contributed by atoms with van der Waals surface area (Å²) in [7, 11) is -3.51. The molecule has 1 aromatic carbocycles. The van der Waals surface area contributed by atoms with Crippen molar-refractivity contribution in [3.8, 4) is 0 Å². The van der Waals surface area contributed by atoms with Crippen LogP contribution in [-0.4, -0.2) is 49.3 Å². The van der Waals surface area contributed by atoms with E-state index in [1.807, 2.05) is 0 Å². The fraction of sp³-hybridized carbons (Fsp3) is 0.529. The standard InChI is InChI=1S/C17H24N2O5S/c1-13(11-16(20)21)12-18-17(22)14-5-7-15(8-6-14)25(23,24)19-9-3-2-4-10-19/h5-8,13H,2-4,9-12H2,1H3,(H,18,22)(H,20,21). The Bertz CT molecular complexity index is 709. The van der Waals surface area contributed by atoms with Gasteiger partial charge < -0.3 is 10.4 Å². The second-order valence-electron chi connectivity index (χ2n) is 6.40. The van der Waals surface area contributed by atoms with Gasteiger partial charge >= 0.3 is 5.97 Å². The topological polar surface area (TPSA) is 104 Å². The Hall–Kier alpha value is -1.93. The van der Waals surface area contributed by atoms with Gasteiger partial charge in [0, 0.05) is 31.6 Å². The minimum atomic E-state index is -3.51. The van der Waals surface area contributed by atoms with E-state index in [1.54, 1.807) is 6.92 Å². The van der Waals surface area contributed by atoms with E-state index < -0.39 is 16.0 Å². The maximum absolute atomic E-state index is 12.6. The van der Waals surface area contributed by atoms with Crippen molar-refractivity contribution >= 4 is 21.9 Å². The predicted molar refractivity (Wildman–Crippen MR) is 92.8 cm³/mol. The summed E-state index contributed by atoms with van der Waals surface area (Å²) in [4.78, 5) is 22.9. The minimum Gasteiger partial charge on any atom is -0.481 e. The molecule has 1 aromatic rings. The first-order valence-corrected chi connectivity index (χ1v) is 9.85. The smallest absolute Gasteiger partial charge is 0.303 e. The molecule has 2 rings (SSSR count). The Morgan fingerprint density at radius 2 is 1.76 bits per heavy atom. The molecule has 0 aliphatic carbocycles. The summed E-state index contributed by atoms with van der Waals surface area (Å²) < 4.78 is 26.6. The van der Waals surface area contributed by atoms with Gasteiger partial charge in [0.05, 0.1) is 4.90 Å². The van der Waals surface area contributed by atoms with Crippen LogP contribution < -0.4 is 5.32 Å². The van der Waals surface area contributed by atoms with E-state index in [0.29, 0.717) is 18.7 Å². The van der Waals surface area contributed by atoms with E-state index in [-0.39, 0.29) is 29.7 Å². The number of hydrogen-bond acceptors (Lipinski definition) is 4. The molecule has 0 saturated carbocycles. The number of nitrogens with one attached hydrogen (secondary N) is 1. The minimum absolute atomic E-state index is 0.0205. The average molecular weight is 368 g/mol. The maximum atomic E-state index is 12.6. The van der Waals surface area contributed by atoms with Crippen molar-refractivity contribution < 1.29 is 23.1 Å². The number of carbonyl (C=O) groups is 2. The molecule has 1 atom stereocenters. The highest BCUT2D eigenvalue weighted by Crippen LogP contribution is 2.20. The summed E-state index contributed by atoms with van der Waals surface area (Å²) in [6.07, 6.45) is 2.77. The molecular formula is C17H24N2O5S. The van der Waals surface area contributed by atoms with Crippen molar-refractivity contribution in [1.29, 1.82) is 0 Å². The van der Waals surface area contributed by atoms with Gasteiger partial charge in [-0.2, -0.15) is 4.31 Å². The number of amides is 1. The Morgan fingerprint density at radius 1 is 1.16 bits per heavy atom. The van der Waals surface area contributed by atoms with Gasteiger partial charge in [0.2, 0.25) is 10.0 Å². The van der Waals surface area contributed by atoms with Crippen LogP contribution in [-0.2, 0) is 14.8 Å². The maximum Gasteiger partial charge on any atom is 0.303 e. The third kappa shape index (κ3) is 5.27. The zero-order chi connectivity index (χ0) is 18.4. The highest BCUT2D eigenvalue weighted by atomic mass is 32.2. The fourth-order valence-corrected chi connectivity index (χ4v) is 4.29. The van der Waals surface area contributed by atoms with Gasteiger partial charge in [-0.05, 0) is 43.0 Å². The highest BCUT2D eigenvalue weighted by Gasteiger charge is 2.25. The average Bonchev–Trinajstić information content (AvgIpc) is 2.60. The fourth-order valence-electron chi connectivity index (χ4n) is 2.77. The van der Waals surface area contributed by atoms with Crippen molar-refractivity contribution in [3.05, 3.63) is 29.8 Å². The van der Waals surface area contributed by atoms with E-state index in [0.717, 1.165) is 19.3 Å². The van der Waals surface area contributed by atoms with Gasteiger partial charge in [0.25, 0.3) is 5.91 Å². The second-order valence-corrected chi connectivity index (χ2v) is 8.34. The number of aliphatic carboxylic acids is 1. The van der Waals surface area contributed by atoms with Crippen LogP contribution >= 0.6 is 0 Å². The van der Waals surface area contributed by atoms with Crippen LogP contribution in [0, 0.1) is 5.92 Å². The Labute approximate surface area is 148 Å². The lowest BCUT2D eigenvalue weighted by Crippen LogP contribution is -2.35. The first-order chi connectivity index (χ1) is 11.8. The van der Waals surface area contributed by atoms with Crippen LogP contribution in [0.5, 0.6) is 0 Å². The van der Waals surface area contributed by atoms with Gasteiger partial charge in [0.1, 0.15) is 0 Å². The molecule has 8 heteroatoms. The monoisotopic (exact) mass is 368 g/mol. The normalized spacial score (nSPS) is 17.0. The number of carboxylic acid groups (broad SMARTS) is 1. The zero-order valence-electron chi connectivity index (χ0n) is 14.3. The number of sulfonamides is 1. The molecule has 0 bridgehead atoms. The van der Waals surface area contributed by atoms with E-state index in [4.69, 9.17) is 5.11 Å².